The van der Waals surface area contributed by atoms with Gasteiger partial charge in [-0.15, -0.1) is 0 Å². The van der Waals surface area contributed by atoms with E-state index in [9.17, 15) is 4.79 Å². The molecule has 0 aliphatic carbocycles. The van der Waals surface area contributed by atoms with Crippen molar-refractivity contribution >= 4 is 5.97 Å². The van der Waals surface area contributed by atoms with Crippen LogP contribution >= 0.6 is 0 Å². The molecule has 1 rings (SSSR count). The summed E-state index contributed by atoms with van der Waals surface area (Å²) in [6, 6.07) is 8.60. The Hall–Kier alpha value is -1.35. The van der Waals surface area contributed by atoms with E-state index in [0.717, 1.165) is 19.5 Å². The molecule has 3 nitrogen and oxygen atoms in total. The molecule has 1 aromatic rings. The highest BCUT2D eigenvalue weighted by atomic mass is 16.4. The Bertz CT molecular complexity index is 333. The lowest BCUT2D eigenvalue weighted by molar-refractivity contribution is -0.137. The monoisotopic (exact) mass is 235 g/mol. The minimum Gasteiger partial charge on any atom is -0.481 e. The van der Waals surface area contributed by atoms with Crippen LogP contribution in [0.25, 0.3) is 0 Å². The molecule has 94 valence electrons. The van der Waals surface area contributed by atoms with E-state index in [2.05, 4.69) is 36.5 Å². The van der Waals surface area contributed by atoms with Crippen LogP contribution in [0, 0.1) is 0 Å². The van der Waals surface area contributed by atoms with E-state index in [-0.39, 0.29) is 6.42 Å². The van der Waals surface area contributed by atoms with Crippen molar-refractivity contribution in [3.05, 3.63) is 35.4 Å². The molecular weight excluding hydrogens is 214 g/mol. The van der Waals surface area contributed by atoms with Gasteiger partial charge in [0.25, 0.3) is 0 Å². The molecule has 0 bridgehead atoms. The Balaban J connectivity index is 2.20. The summed E-state index contributed by atoms with van der Waals surface area (Å²) in [5.41, 5.74) is 2.63. The molecule has 0 saturated heterocycles. The van der Waals surface area contributed by atoms with E-state index in [4.69, 9.17) is 5.11 Å². The first-order valence-electron chi connectivity index (χ1n) is 6.22. The van der Waals surface area contributed by atoms with Gasteiger partial charge in [0, 0.05) is 13.0 Å². The summed E-state index contributed by atoms with van der Waals surface area (Å²) in [5, 5.41) is 11.7. The lowest BCUT2D eigenvalue weighted by Gasteiger charge is -2.05. The third kappa shape index (κ3) is 6.07. The molecule has 0 spiro atoms. The average molecular weight is 235 g/mol. The van der Waals surface area contributed by atoms with Crippen LogP contribution in [0.1, 0.15) is 37.3 Å². The van der Waals surface area contributed by atoms with Crippen LogP contribution in [0.15, 0.2) is 24.3 Å². The van der Waals surface area contributed by atoms with Crippen molar-refractivity contribution in [1.29, 1.82) is 0 Å². The zero-order chi connectivity index (χ0) is 12.5. The van der Waals surface area contributed by atoms with E-state index in [0.29, 0.717) is 6.42 Å². The third-order valence-electron chi connectivity index (χ3n) is 2.63. The molecule has 0 radical (unpaired) electrons. The SMILES string of the molecule is CCCc1ccc(CNCCCC(=O)O)cc1. The van der Waals surface area contributed by atoms with Crippen molar-refractivity contribution in [3.8, 4) is 0 Å². The molecule has 0 fully saturated rings. The number of carbonyl (C=O) groups is 1. The molecule has 0 aliphatic heterocycles. The van der Waals surface area contributed by atoms with Gasteiger partial charge < -0.3 is 10.4 Å². The van der Waals surface area contributed by atoms with Crippen LogP contribution in [-0.4, -0.2) is 17.6 Å². The van der Waals surface area contributed by atoms with Crippen LogP contribution in [0.5, 0.6) is 0 Å². The number of hydrogen-bond acceptors (Lipinski definition) is 2. The molecule has 0 saturated carbocycles. The minimum atomic E-state index is -0.726. The highest BCUT2D eigenvalue weighted by Gasteiger charge is 1.97. The Morgan fingerprint density at radius 1 is 1.24 bits per heavy atom. The minimum absolute atomic E-state index is 0.239. The maximum Gasteiger partial charge on any atom is 0.303 e. The van der Waals surface area contributed by atoms with Gasteiger partial charge in [0.2, 0.25) is 0 Å². The normalized spacial score (nSPS) is 10.4. The van der Waals surface area contributed by atoms with Gasteiger partial charge in [0.1, 0.15) is 0 Å². The van der Waals surface area contributed by atoms with Crippen LogP contribution < -0.4 is 5.32 Å². The second-order valence-electron chi connectivity index (χ2n) is 4.24. The van der Waals surface area contributed by atoms with E-state index >= 15 is 0 Å². The van der Waals surface area contributed by atoms with Crippen molar-refractivity contribution in [2.45, 2.75) is 39.2 Å². The molecule has 17 heavy (non-hydrogen) atoms. The predicted octanol–water partition coefficient (Wildman–Crippen LogP) is 2.59. The average Bonchev–Trinajstić information content (AvgIpc) is 2.31. The van der Waals surface area contributed by atoms with E-state index in [1.165, 1.54) is 17.5 Å². The van der Waals surface area contributed by atoms with Crippen molar-refractivity contribution < 1.29 is 9.90 Å². The number of hydrogen-bond donors (Lipinski definition) is 2. The van der Waals surface area contributed by atoms with Gasteiger partial charge >= 0.3 is 5.97 Å². The fourth-order valence-electron chi connectivity index (χ4n) is 1.71. The molecule has 0 aromatic heterocycles. The van der Waals surface area contributed by atoms with Crippen molar-refractivity contribution in [3.63, 3.8) is 0 Å². The summed E-state index contributed by atoms with van der Waals surface area (Å²) in [5.74, 6) is -0.726. The predicted molar refractivity (Wildman–Crippen MR) is 69.0 cm³/mol. The molecule has 0 amide bonds. The smallest absolute Gasteiger partial charge is 0.303 e. The summed E-state index contributed by atoms with van der Waals surface area (Å²) in [4.78, 5) is 10.3. The summed E-state index contributed by atoms with van der Waals surface area (Å²) in [6.07, 6.45) is 3.23. The highest BCUT2D eigenvalue weighted by molar-refractivity contribution is 5.66. The number of aryl methyl sites for hydroxylation is 1. The molecule has 0 unspecified atom stereocenters. The highest BCUT2D eigenvalue weighted by Crippen LogP contribution is 2.06. The molecule has 0 aliphatic rings. The first kappa shape index (κ1) is 13.7. The van der Waals surface area contributed by atoms with E-state index in [1.807, 2.05) is 0 Å². The lowest BCUT2D eigenvalue weighted by Crippen LogP contribution is -2.15. The maximum atomic E-state index is 10.3. The van der Waals surface area contributed by atoms with Gasteiger partial charge in [-0.2, -0.15) is 0 Å². The largest absolute Gasteiger partial charge is 0.481 e. The first-order chi connectivity index (χ1) is 8.22. The molecule has 2 N–H and O–H groups in total. The number of nitrogens with one attached hydrogen (secondary N) is 1. The lowest BCUT2D eigenvalue weighted by atomic mass is 10.1. The van der Waals surface area contributed by atoms with Gasteiger partial charge in [-0.1, -0.05) is 37.6 Å². The van der Waals surface area contributed by atoms with Gasteiger partial charge in [-0.25, -0.2) is 0 Å². The number of benzene rings is 1. The van der Waals surface area contributed by atoms with Crippen LogP contribution in [-0.2, 0) is 17.8 Å². The zero-order valence-electron chi connectivity index (χ0n) is 10.4. The molecule has 3 heteroatoms. The Morgan fingerprint density at radius 2 is 1.88 bits per heavy atom. The summed E-state index contributed by atoms with van der Waals surface area (Å²) in [6.45, 7) is 3.74. The zero-order valence-corrected chi connectivity index (χ0v) is 10.4. The standard InChI is InChI=1S/C14H21NO2/c1-2-4-12-6-8-13(9-7-12)11-15-10-3-5-14(16)17/h6-9,15H,2-5,10-11H2,1H3,(H,16,17). The quantitative estimate of drug-likeness (QED) is 0.681. The molecule has 0 atom stereocenters. The molecule has 1 aromatic carbocycles. The van der Waals surface area contributed by atoms with Gasteiger partial charge in [0.05, 0.1) is 0 Å². The summed E-state index contributed by atoms with van der Waals surface area (Å²) < 4.78 is 0. The van der Waals surface area contributed by atoms with Gasteiger partial charge in [-0.3, -0.25) is 4.79 Å². The van der Waals surface area contributed by atoms with Gasteiger partial charge in [-0.05, 0) is 30.5 Å². The second kappa shape index (κ2) is 7.85. The van der Waals surface area contributed by atoms with Crippen molar-refractivity contribution in [2.75, 3.05) is 6.54 Å². The van der Waals surface area contributed by atoms with E-state index < -0.39 is 5.97 Å². The Labute approximate surface area is 103 Å². The van der Waals surface area contributed by atoms with Gasteiger partial charge in [0.15, 0.2) is 0 Å². The maximum absolute atomic E-state index is 10.3. The van der Waals surface area contributed by atoms with Crippen molar-refractivity contribution in [1.82, 2.24) is 5.32 Å². The topological polar surface area (TPSA) is 49.3 Å². The first-order valence-corrected chi connectivity index (χ1v) is 6.22. The number of carboxylic acid groups (broad SMARTS) is 1. The third-order valence-corrected chi connectivity index (χ3v) is 2.63. The number of aliphatic carboxylic acids is 1. The number of carboxylic acids is 1. The molecule has 0 heterocycles. The molecular formula is C14H21NO2. The number of rotatable bonds is 8. The summed E-state index contributed by atoms with van der Waals surface area (Å²) >= 11 is 0. The van der Waals surface area contributed by atoms with Crippen LogP contribution in [0.4, 0.5) is 0 Å². The Morgan fingerprint density at radius 3 is 2.47 bits per heavy atom. The van der Waals surface area contributed by atoms with Crippen LogP contribution in [0.2, 0.25) is 0 Å². The summed E-state index contributed by atoms with van der Waals surface area (Å²) in [7, 11) is 0. The fourth-order valence-corrected chi connectivity index (χ4v) is 1.71. The van der Waals surface area contributed by atoms with Crippen molar-refractivity contribution in [2.24, 2.45) is 0 Å². The van der Waals surface area contributed by atoms with Crippen LogP contribution in [0.3, 0.4) is 0 Å². The van der Waals surface area contributed by atoms with E-state index in [1.54, 1.807) is 0 Å². The Kier molecular flexibility index (Phi) is 6.33. The second-order valence-corrected chi connectivity index (χ2v) is 4.24. The fraction of sp³-hybridized carbons (Fsp3) is 0.500.